The quantitative estimate of drug-likeness (QED) is 0.346. The molecule has 5 heteroatoms. The molecule has 0 N–H and O–H groups in total. The van der Waals surface area contributed by atoms with E-state index in [4.69, 9.17) is 4.74 Å². The van der Waals surface area contributed by atoms with Gasteiger partial charge in [0.1, 0.15) is 0 Å². The first kappa shape index (κ1) is 18.1. The van der Waals surface area contributed by atoms with Gasteiger partial charge in [0.15, 0.2) is 5.78 Å². The second-order valence-corrected chi connectivity index (χ2v) is 6.88. The van der Waals surface area contributed by atoms with Gasteiger partial charge in [0.05, 0.1) is 23.0 Å². The minimum atomic E-state index is -0.446. The van der Waals surface area contributed by atoms with Gasteiger partial charge in [-0.25, -0.2) is 0 Å². The van der Waals surface area contributed by atoms with Crippen molar-refractivity contribution < 1.29 is 14.5 Å². The Bertz CT molecular complexity index is 971. The van der Waals surface area contributed by atoms with E-state index in [-0.39, 0.29) is 23.5 Å². The van der Waals surface area contributed by atoms with E-state index in [0.29, 0.717) is 12.0 Å². The highest BCUT2D eigenvalue weighted by Gasteiger charge is 2.41. The number of carbonyl (C=O) groups is 1. The molecule has 0 unspecified atom stereocenters. The minimum Gasteiger partial charge on any atom is -0.365 e. The molecule has 0 aromatic heterocycles. The van der Waals surface area contributed by atoms with E-state index >= 15 is 0 Å². The van der Waals surface area contributed by atoms with Crippen LogP contribution in [0.1, 0.15) is 40.1 Å². The van der Waals surface area contributed by atoms with Crippen molar-refractivity contribution >= 4 is 11.5 Å². The first-order valence-corrected chi connectivity index (χ1v) is 9.17. The molecule has 3 aromatic rings. The largest absolute Gasteiger partial charge is 0.365 e. The Morgan fingerprint density at radius 1 is 0.857 bits per heavy atom. The number of ether oxygens (including phenoxy) is 1. The third kappa shape index (κ3) is 3.57. The summed E-state index contributed by atoms with van der Waals surface area (Å²) in [6.45, 7) is 0. The molecule has 0 amide bonds. The first-order chi connectivity index (χ1) is 13.6. The zero-order valence-corrected chi connectivity index (χ0v) is 15.1. The van der Waals surface area contributed by atoms with Crippen LogP contribution >= 0.6 is 0 Å². The fourth-order valence-electron chi connectivity index (χ4n) is 3.72. The van der Waals surface area contributed by atoms with Gasteiger partial charge in [0.25, 0.3) is 5.69 Å². The molecule has 1 aliphatic heterocycles. The lowest BCUT2D eigenvalue weighted by molar-refractivity contribution is -0.384. The minimum absolute atomic E-state index is 0.0206. The van der Waals surface area contributed by atoms with Crippen LogP contribution in [0.4, 0.5) is 5.69 Å². The smallest absolute Gasteiger partial charge is 0.269 e. The molecule has 140 valence electrons. The number of rotatable bonds is 5. The van der Waals surface area contributed by atoms with Gasteiger partial charge in [-0.2, -0.15) is 0 Å². The van der Waals surface area contributed by atoms with E-state index in [1.54, 1.807) is 12.1 Å². The number of benzene rings is 3. The van der Waals surface area contributed by atoms with Gasteiger partial charge in [-0.3, -0.25) is 14.9 Å². The number of carbonyl (C=O) groups excluding carboxylic acids is 1. The molecule has 3 atom stereocenters. The van der Waals surface area contributed by atoms with Gasteiger partial charge in [-0.15, -0.1) is 0 Å². The summed E-state index contributed by atoms with van der Waals surface area (Å²) in [7, 11) is 0. The third-order valence-corrected chi connectivity index (χ3v) is 5.14. The number of nitro groups is 1. The molecule has 28 heavy (non-hydrogen) atoms. The normalized spacial score (nSPS) is 21.4. The standard InChI is InChI=1S/C23H19NO4/c25-22(17-9-5-2-6-10-17)20-15-21(16-7-3-1-4-8-16)28-23(20)18-11-13-19(14-12-18)24(26)27/h1-14,20-21,23H,15H2/t20-,21+,23+/m1/s1. The van der Waals surface area contributed by atoms with Crippen molar-refractivity contribution in [2.45, 2.75) is 18.6 Å². The zero-order valence-electron chi connectivity index (χ0n) is 15.1. The summed E-state index contributed by atoms with van der Waals surface area (Å²) in [6, 6.07) is 25.3. The molecule has 0 saturated carbocycles. The fraction of sp³-hybridized carbons (Fsp3) is 0.174. The van der Waals surface area contributed by atoms with Crippen molar-refractivity contribution in [1.29, 1.82) is 0 Å². The van der Waals surface area contributed by atoms with Crippen LogP contribution in [0.2, 0.25) is 0 Å². The summed E-state index contributed by atoms with van der Waals surface area (Å²) < 4.78 is 6.30. The molecule has 4 rings (SSSR count). The van der Waals surface area contributed by atoms with E-state index in [1.165, 1.54) is 12.1 Å². The molecule has 0 radical (unpaired) electrons. The summed E-state index contributed by atoms with van der Waals surface area (Å²) in [6.07, 6.45) is -0.0721. The lowest BCUT2D eigenvalue weighted by Gasteiger charge is -2.18. The highest BCUT2D eigenvalue weighted by Crippen LogP contribution is 2.46. The molecule has 1 heterocycles. The summed E-state index contributed by atoms with van der Waals surface area (Å²) in [4.78, 5) is 23.7. The molecule has 0 bridgehead atoms. The maximum absolute atomic E-state index is 13.2. The van der Waals surface area contributed by atoms with Crippen LogP contribution in [0.3, 0.4) is 0 Å². The van der Waals surface area contributed by atoms with Crippen LogP contribution in [0.15, 0.2) is 84.9 Å². The Balaban J connectivity index is 1.67. The molecular weight excluding hydrogens is 354 g/mol. The number of hydrogen-bond donors (Lipinski definition) is 0. The fourth-order valence-corrected chi connectivity index (χ4v) is 3.72. The SMILES string of the molecule is O=C(c1ccccc1)[C@H]1C[C@@H](c2ccccc2)O[C@H]1c1ccc([N+](=O)[O-])cc1. The van der Waals surface area contributed by atoms with E-state index in [2.05, 4.69) is 0 Å². The number of non-ortho nitro benzene ring substituents is 1. The molecule has 1 saturated heterocycles. The summed E-state index contributed by atoms with van der Waals surface area (Å²) >= 11 is 0. The number of hydrogen-bond acceptors (Lipinski definition) is 4. The van der Waals surface area contributed by atoms with Crippen LogP contribution in [0.25, 0.3) is 0 Å². The van der Waals surface area contributed by atoms with Crippen molar-refractivity contribution in [3.63, 3.8) is 0 Å². The molecule has 1 aliphatic rings. The molecule has 0 aliphatic carbocycles. The lowest BCUT2D eigenvalue weighted by Crippen LogP contribution is -2.18. The van der Waals surface area contributed by atoms with Gasteiger partial charge in [0.2, 0.25) is 0 Å². The Morgan fingerprint density at radius 3 is 2.07 bits per heavy atom. The number of nitrogens with zero attached hydrogens (tertiary/aromatic N) is 1. The number of Topliss-reactive ketones (excluding diaryl/α,β-unsaturated/α-hetero) is 1. The van der Waals surface area contributed by atoms with Crippen molar-refractivity contribution in [2.75, 3.05) is 0 Å². The van der Waals surface area contributed by atoms with Crippen LogP contribution in [0, 0.1) is 16.0 Å². The predicted molar refractivity (Wildman–Crippen MR) is 105 cm³/mol. The first-order valence-electron chi connectivity index (χ1n) is 9.17. The van der Waals surface area contributed by atoms with Crippen LogP contribution < -0.4 is 0 Å². The third-order valence-electron chi connectivity index (χ3n) is 5.14. The molecule has 3 aromatic carbocycles. The second-order valence-electron chi connectivity index (χ2n) is 6.88. The average molecular weight is 373 g/mol. The Morgan fingerprint density at radius 2 is 1.46 bits per heavy atom. The molecule has 1 fully saturated rings. The van der Waals surface area contributed by atoms with Crippen molar-refractivity contribution in [3.8, 4) is 0 Å². The highest BCUT2D eigenvalue weighted by molar-refractivity contribution is 5.98. The van der Waals surface area contributed by atoms with E-state index in [1.807, 2.05) is 60.7 Å². The van der Waals surface area contributed by atoms with Crippen molar-refractivity contribution in [3.05, 3.63) is 112 Å². The Hall–Kier alpha value is -3.31. The molecule has 5 nitrogen and oxygen atoms in total. The molecule has 0 spiro atoms. The van der Waals surface area contributed by atoms with Crippen molar-refractivity contribution in [1.82, 2.24) is 0 Å². The summed E-state index contributed by atoms with van der Waals surface area (Å²) in [5.74, 6) is -0.323. The van der Waals surface area contributed by atoms with Crippen LogP contribution in [-0.2, 0) is 4.74 Å². The molecular formula is C23H19NO4. The zero-order chi connectivity index (χ0) is 19.5. The van der Waals surface area contributed by atoms with Crippen LogP contribution in [-0.4, -0.2) is 10.7 Å². The predicted octanol–water partition coefficient (Wildman–Crippen LogP) is 5.30. The average Bonchev–Trinajstić information content (AvgIpc) is 3.20. The van der Waals surface area contributed by atoms with Gasteiger partial charge in [-0.1, -0.05) is 60.7 Å². The number of nitro benzene ring substituents is 1. The van der Waals surface area contributed by atoms with Gasteiger partial charge < -0.3 is 4.74 Å². The van der Waals surface area contributed by atoms with Crippen LogP contribution in [0.5, 0.6) is 0 Å². The number of ketones is 1. The Labute approximate surface area is 162 Å². The Kier molecular flexibility index (Phi) is 5.00. The topological polar surface area (TPSA) is 69.4 Å². The van der Waals surface area contributed by atoms with Gasteiger partial charge in [-0.05, 0) is 29.7 Å². The monoisotopic (exact) mass is 373 g/mol. The van der Waals surface area contributed by atoms with Crippen molar-refractivity contribution in [2.24, 2.45) is 5.92 Å². The lowest BCUT2D eigenvalue weighted by atomic mass is 9.86. The highest BCUT2D eigenvalue weighted by atomic mass is 16.6. The van der Waals surface area contributed by atoms with E-state index < -0.39 is 11.0 Å². The summed E-state index contributed by atoms with van der Waals surface area (Å²) in [5, 5.41) is 10.9. The van der Waals surface area contributed by atoms with E-state index in [9.17, 15) is 14.9 Å². The summed E-state index contributed by atoms with van der Waals surface area (Å²) in [5.41, 5.74) is 2.47. The van der Waals surface area contributed by atoms with Gasteiger partial charge >= 0.3 is 0 Å². The maximum Gasteiger partial charge on any atom is 0.269 e. The van der Waals surface area contributed by atoms with Gasteiger partial charge in [0, 0.05) is 17.7 Å². The second kappa shape index (κ2) is 7.74. The maximum atomic E-state index is 13.2. The van der Waals surface area contributed by atoms with E-state index in [0.717, 1.165) is 11.1 Å².